The number of carbonyl (C=O) groups is 3. The minimum absolute atomic E-state index is 0. The Morgan fingerprint density at radius 1 is 0.688 bits per heavy atom. The van der Waals surface area contributed by atoms with Gasteiger partial charge in [0.05, 0.1) is 17.9 Å². The number of carboxylic acids is 3. The van der Waals surface area contributed by atoms with E-state index in [4.69, 9.17) is 0 Å². The molecule has 0 saturated carbocycles. The summed E-state index contributed by atoms with van der Waals surface area (Å²) >= 11 is 0. The summed E-state index contributed by atoms with van der Waals surface area (Å²) in [5, 5.41) is 31.2. The molecule has 7 heteroatoms. The molecule has 1 aromatic carbocycles. The molecule has 0 fully saturated rings. The van der Waals surface area contributed by atoms with E-state index < -0.39 is 34.6 Å². The van der Waals surface area contributed by atoms with Gasteiger partial charge in [-0.2, -0.15) is 0 Å². The third-order valence-corrected chi connectivity index (χ3v) is 1.64. The maximum Gasteiger partial charge on any atom is 3.00 e. The van der Waals surface area contributed by atoms with Crippen LogP contribution in [-0.2, 0) is 22.4 Å². The molecule has 0 aliphatic heterocycles. The molecule has 0 atom stereocenters. The van der Waals surface area contributed by atoms with Gasteiger partial charge in [-0.1, -0.05) is 0 Å². The molecule has 1 aromatic rings. The Labute approximate surface area is 105 Å². The van der Waals surface area contributed by atoms with E-state index in [0.29, 0.717) is 0 Å². The maximum atomic E-state index is 10.4. The summed E-state index contributed by atoms with van der Waals surface area (Å²) in [6.07, 6.45) is 0. The summed E-state index contributed by atoms with van der Waals surface area (Å²) in [6, 6.07) is 2.24. The normalized spacial score (nSPS) is 9.00. The molecule has 0 radical (unpaired) electrons. The van der Waals surface area contributed by atoms with E-state index in [1.165, 1.54) is 0 Å². The fraction of sp³-hybridized carbons (Fsp3) is 0. The summed E-state index contributed by atoms with van der Waals surface area (Å²) in [5.74, 6) is -5.04. The summed E-state index contributed by atoms with van der Waals surface area (Å²) in [4.78, 5) is 31.2. The zero-order valence-corrected chi connectivity index (χ0v) is 8.97. The van der Waals surface area contributed by atoms with Crippen LogP contribution in [0.25, 0.3) is 0 Å². The van der Waals surface area contributed by atoms with Crippen molar-refractivity contribution in [2.45, 2.75) is 0 Å². The predicted molar refractivity (Wildman–Crippen MR) is 39.4 cm³/mol. The molecule has 0 N–H and O–H groups in total. The van der Waals surface area contributed by atoms with Gasteiger partial charge in [0.15, 0.2) is 0 Å². The second-order valence-corrected chi connectivity index (χ2v) is 2.66. The van der Waals surface area contributed by atoms with Crippen LogP contribution in [0.15, 0.2) is 18.2 Å². The molecule has 0 unspecified atom stereocenters. The van der Waals surface area contributed by atoms with Crippen molar-refractivity contribution in [3.8, 4) is 0 Å². The van der Waals surface area contributed by atoms with Gasteiger partial charge in [0.25, 0.3) is 0 Å². The van der Waals surface area contributed by atoms with E-state index in [0.717, 1.165) is 18.2 Å². The summed E-state index contributed by atoms with van der Waals surface area (Å²) < 4.78 is 0. The second-order valence-electron chi connectivity index (χ2n) is 2.66. The first-order valence-corrected chi connectivity index (χ1v) is 3.71. The number of carboxylic acid groups (broad SMARTS) is 3. The van der Waals surface area contributed by atoms with Crippen LogP contribution in [0.2, 0.25) is 0 Å². The van der Waals surface area contributed by atoms with Crippen molar-refractivity contribution in [1.82, 2.24) is 0 Å². The Kier molecular flexibility index (Phi) is 4.90. The molecule has 1 rings (SSSR count). The van der Waals surface area contributed by atoms with Gasteiger partial charge < -0.3 is 29.7 Å². The van der Waals surface area contributed by atoms with Crippen LogP contribution in [0.5, 0.6) is 0 Å². The first-order chi connectivity index (χ1) is 6.91. The predicted octanol–water partition coefficient (Wildman–Crippen LogP) is -3.23. The molecule has 0 spiro atoms. The van der Waals surface area contributed by atoms with Gasteiger partial charge in [-0.25, -0.2) is 0 Å². The van der Waals surface area contributed by atoms with E-state index in [-0.39, 0.29) is 22.4 Å². The molecule has 0 saturated heterocycles. The molecular weight excluding hydrogens is 312 g/mol. The number of carbonyl (C=O) groups excluding carboxylic acids is 3. The van der Waals surface area contributed by atoms with Crippen molar-refractivity contribution in [3.05, 3.63) is 34.9 Å². The zero-order chi connectivity index (χ0) is 11.6. The van der Waals surface area contributed by atoms with Crippen molar-refractivity contribution in [2.24, 2.45) is 0 Å². The van der Waals surface area contributed by atoms with Crippen molar-refractivity contribution >= 4 is 17.9 Å². The molecule has 6 nitrogen and oxygen atoms in total. The van der Waals surface area contributed by atoms with E-state index in [2.05, 4.69) is 0 Å². The standard InChI is InChI=1S/C9H6O6.Ag/c10-7(11)4-1-5(8(12)13)3-6(2-4)9(14)15;/h1-3H,(H,10,11)(H,12,13)(H,14,15);/q;+3/p-3. The molecular formula is C9H3AgO6. The third kappa shape index (κ3) is 3.20. The van der Waals surface area contributed by atoms with Crippen LogP contribution in [0.1, 0.15) is 31.1 Å². The molecule has 0 aliphatic carbocycles. The summed E-state index contributed by atoms with van der Waals surface area (Å²) in [6.45, 7) is 0. The number of hydrogen-bond acceptors (Lipinski definition) is 6. The minimum atomic E-state index is -1.68. The number of benzene rings is 1. The maximum absolute atomic E-state index is 10.4. The van der Waals surface area contributed by atoms with Gasteiger partial charge >= 0.3 is 22.4 Å². The van der Waals surface area contributed by atoms with Crippen LogP contribution in [0, 0.1) is 0 Å². The summed E-state index contributed by atoms with van der Waals surface area (Å²) in [5.41, 5.74) is -1.68. The van der Waals surface area contributed by atoms with Crippen LogP contribution in [-0.4, -0.2) is 17.9 Å². The monoisotopic (exact) mass is 314 g/mol. The molecule has 0 heterocycles. The van der Waals surface area contributed by atoms with Crippen molar-refractivity contribution < 1.29 is 52.1 Å². The SMILES string of the molecule is O=C([O-])c1cc(C(=O)[O-])cc(C(=O)[O-])c1.[Ag+3]. The number of aromatic carboxylic acids is 3. The molecule has 86 valence electrons. The molecule has 0 bridgehead atoms. The van der Waals surface area contributed by atoms with Crippen molar-refractivity contribution in [2.75, 3.05) is 0 Å². The van der Waals surface area contributed by atoms with Gasteiger partial charge in [-0.3, -0.25) is 0 Å². The zero-order valence-electron chi connectivity index (χ0n) is 7.48. The fourth-order valence-corrected chi connectivity index (χ4v) is 0.981. The minimum Gasteiger partial charge on any atom is -0.545 e. The van der Waals surface area contributed by atoms with E-state index in [1.807, 2.05) is 0 Å². The van der Waals surface area contributed by atoms with Crippen LogP contribution in [0.3, 0.4) is 0 Å². The van der Waals surface area contributed by atoms with Crippen molar-refractivity contribution in [3.63, 3.8) is 0 Å². The molecule has 16 heavy (non-hydrogen) atoms. The second kappa shape index (κ2) is 5.45. The Morgan fingerprint density at radius 3 is 1.00 bits per heavy atom. The quantitative estimate of drug-likeness (QED) is 0.541. The Hall–Kier alpha value is -1.63. The van der Waals surface area contributed by atoms with Gasteiger partial charge in [0.2, 0.25) is 0 Å². The van der Waals surface area contributed by atoms with Crippen LogP contribution < -0.4 is 15.3 Å². The largest absolute Gasteiger partial charge is 3.00 e. The van der Waals surface area contributed by atoms with Crippen LogP contribution in [0.4, 0.5) is 0 Å². The fourth-order valence-electron chi connectivity index (χ4n) is 0.981. The first kappa shape index (κ1) is 14.4. The van der Waals surface area contributed by atoms with Crippen LogP contribution >= 0.6 is 0 Å². The first-order valence-electron chi connectivity index (χ1n) is 3.71. The van der Waals surface area contributed by atoms with Gasteiger partial charge in [0, 0.05) is 0 Å². The van der Waals surface area contributed by atoms with E-state index >= 15 is 0 Å². The third-order valence-electron chi connectivity index (χ3n) is 1.64. The number of rotatable bonds is 3. The van der Waals surface area contributed by atoms with Gasteiger partial charge in [0.1, 0.15) is 0 Å². The van der Waals surface area contributed by atoms with Gasteiger partial charge in [-0.15, -0.1) is 0 Å². The van der Waals surface area contributed by atoms with Crippen molar-refractivity contribution in [1.29, 1.82) is 0 Å². The Balaban J connectivity index is 0.00000225. The van der Waals surface area contributed by atoms with E-state index in [9.17, 15) is 29.7 Å². The topological polar surface area (TPSA) is 120 Å². The Bertz CT molecular complexity index is 374. The average Bonchev–Trinajstić information content (AvgIpc) is 2.16. The molecule has 0 aliphatic rings. The van der Waals surface area contributed by atoms with E-state index in [1.54, 1.807) is 0 Å². The average molecular weight is 315 g/mol. The van der Waals surface area contributed by atoms with Gasteiger partial charge in [-0.05, 0) is 34.9 Å². The number of hydrogen-bond donors (Lipinski definition) is 0. The Morgan fingerprint density at radius 2 is 0.875 bits per heavy atom. The summed E-state index contributed by atoms with van der Waals surface area (Å²) in [7, 11) is 0. The molecule has 0 amide bonds. The molecule has 0 aromatic heterocycles. The smallest absolute Gasteiger partial charge is 0.545 e.